The van der Waals surface area contributed by atoms with Crippen molar-refractivity contribution in [1.82, 2.24) is 4.57 Å². The van der Waals surface area contributed by atoms with Crippen molar-refractivity contribution in [2.45, 2.75) is 101 Å². The molecule has 0 bridgehead atoms. The third-order valence-electron chi connectivity index (χ3n) is 17.7. The Balaban J connectivity index is 1.09. The van der Waals surface area contributed by atoms with E-state index < -0.39 is 0 Å². The average Bonchev–Trinajstić information content (AvgIpc) is 2.49. The van der Waals surface area contributed by atoms with Crippen molar-refractivity contribution in [3.63, 3.8) is 0 Å². The average molecular weight is 1040 g/mol. The number of hydrogen-bond donors (Lipinski definition) is 0. The van der Waals surface area contributed by atoms with E-state index in [0.717, 1.165) is 33.1 Å². The molecule has 0 N–H and O–H groups in total. The van der Waals surface area contributed by atoms with Crippen molar-refractivity contribution < 1.29 is 4.42 Å². The number of rotatable bonds is 5. The number of aryl methyl sites for hydroxylation is 7. The van der Waals surface area contributed by atoms with Crippen LogP contribution in [0.4, 0.5) is 34.1 Å². The molecule has 14 rings (SSSR count). The lowest BCUT2D eigenvalue weighted by atomic mass is 9.33. The molecule has 0 unspecified atom stereocenters. The smallest absolute Gasteiger partial charge is 0.252 e. The fourth-order valence-corrected chi connectivity index (χ4v) is 14.0. The molecule has 0 saturated carbocycles. The largest absolute Gasteiger partial charge is 0.455 e. The van der Waals surface area contributed by atoms with Crippen LogP contribution in [0, 0.1) is 48.5 Å². The maximum atomic E-state index is 6.67. The number of nitrogens with zero attached hydrogens (tertiary/aromatic N) is 3. The molecule has 0 aliphatic carbocycles. The molecule has 4 nitrogen and oxygen atoms in total. The van der Waals surface area contributed by atoms with E-state index >= 15 is 0 Å². The minimum Gasteiger partial charge on any atom is -0.455 e. The van der Waals surface area contributed by atoms with Crippen LogP contribution in [-0.2, 0) is 10.8 Å². The summed E-state index contributed by atoms with van der Waals surface area (Å²) in [7, 11) is 0. The van der Waals surface area contributed by atoms with Gasteiger partial charge in [-0.25, -0.2) is 0 Å². The van der Waals surface area contributed by atoms with Gasteiger partial charge in [0, 0.05) is 49.9 Å². The molecule has 12 aromatic rings. The number of benzene rings is 10. The Hall–Kier alpha value is -8.54. The van der Waals surface area contributed by atoms with Gasteiger partial charge >= 0.3 is 0 Å². The van der Waals surface area contributed by atoms with Gasteiger partial charge in [-0.2, -0.15) is 0 Å². The lowest BCUT2D eigenvalue weighted by molar-refractivity contribution is 0.590. The van der Waals surface area contributed by atoms with Crippen LogP contribution in [0.15, 0.2) is 180 Å². The van der Waals surface area contributed by atoms with Crippen LogP contribution in [0.3, 0.4) is 0 Å². The highest BCUT2D eigenvalue weighted by Gasteiger charge is 2.45. The van der Waals surface area contributed by atoms with Crippen LogP contribution in [0.25, 0.3) is 71.7 Å². The topological polar surface area (TPSA) is 24.6 Å². The van der Waals surface area contributed by atoms with Crippen LogP contribution >= 0.6 is 0 Å². The van der Waals surface area contributed by atoms with Crippen LogP contribution in [0.5, 0.6) is 0 Å². The summed E-state index contributed by atoms with van der Waals surface area (Å²) in [5.41, 5.74) is 32.6. The van der Waals surface area contributed by atoms with E-state index in [0.29, 0.717) is 0 Å². The molecular weight excluding hydrogens is 970 g/mol. The summed E-state index contributed by atoms with van der Waals surface area (Å²) in [6.45, 7) is 30.1. The first-order chi connectivity index (χ1) is 38.3. The molecular formula is C75H68BN3O. The Morgan fingerprint density at radius 1 is 0.375 bits per heavy atom. The fraction of sp³-hybridized carbons (Fsp3) is 0.200. The molecule has 2 aliphatic heterocycles. The number of aromatic nitrogens is 1. The molecule has 392 valence electrons. The lowest BCUT2D eigenvalue weighted by Crippen LogP contribution is -2.61. The van der Waals surface area contributed by atoms with Gasteiger partial charge in [0.05, 0.1) is 28.1 Å². The Kier molecular flexibility index (Phi) is 11.0. The minimum atomic E-state index is -0.0906. The van der Waals surface area contributed by atoms with Crippen LogP contribution in [0.2, 0.25) is 0 Å². The van der Waals surface area contributed by atoms with E-state index in [9.17, 15) is 0 Å². The van der Waals surface area contributed by atoms with Crippen molar-refractivity contribution in [1.29, 1.82) is 0 Å². The summed E-state index contributed by atoms with van der Waals surface area (Å²) < 4.78 is 9.24. The van der Waals surface area contributed by atoms with E-state index in [-0.39, 0.29) is 17.5 Å². The monoisotopic (exact) mass is 1040 g/mol. The molecule has 0 spiro atoms. The third kappa shape index (κ3) is 7.49. The van der Waals surface area contributed by atoms with E-state index in [4.69, 9.17) is 4.42 Å². The highest BCUT2D eigenvalue weighted by molar-refractivity contribution is 7.00. The fourth-order valence-electron chi connectivity index (χ4n) is 14.0. The molecule has 5 heteroatoms. The second kappa shape index (κ2) is 17.7. The van der Waals surface area contributed by atoms with E-state index in [1.54, 1.807) is 0 Å². The zero-order valence-corrected chi connectivity index (χ0v) is 48.6. The second-order valence-electron chi connectivity index (χ2n) is 25.4. The van der Waals surface area contributed by atoms with Gasteiger partial charge < -0.3 is 18.8 Å². The first-order valence-electron chi connectivity index (χ1n) is 28.6. The summed E-state index contributed by atoms with van der Waals surface area (Å²) in [5.74, 6) is 0. The molecule has 4 heterocycles. The Morgan fingerprint density at radius 2 is 0.925 bits per heavy atom. The van der Waals surface area contributed by atoms with Gasteiger partial charge in [0.15, 0.2) is 0 Å². The zero-order valence-electron chi connectivity index (χ0n) is 48.6. The van der Waals surface area contributed by atoms with Crippen molar-refractivity contribution in [2.75, 3.05) is 9.80 Å². The van der Waals surface area contributed by atoms with Gasteiger partial charge in [-0.15, -0.1) is 0 Å². The van der Waals surface area contributed by atoms with Crippen LogP contribution < -0.4 is 26.2 Å². The first kappa shape index (κ1) is 49.7. The van der Waals surface area contributed by atoms with Gasteiger partial charge in [0.1, 0.15) is 11.2 Å². The van der Waals surface area contributed by atoms with Gasteiger partial charge in [-0.3, -0.25) is 0 Å². The summed E-state index contributed by atoms with van der Waals surface area (Å²) >= 11 is 0. The van der Waals surface area contributed by atoms with Crippen molar-refractivity contribution in [3.05, 3.63) is 226 Å². The van der Waals surface area contributed by atoms with Crippen LogP contribution in [-0.4, -0.2) is 11.3 Å². The normalized spacial score (nSPS) is 13.2. The number of anilines is 6. The second-order valence-corrected chi connectivity index (χ2v) is 25.4. The first-order valence-corrected chi connectivity index (χ1v) is 28.6. The van der Waals surface area contributed by atoms with Gasteiger partial charge in [0.2, 0.25) is 0 Å². The van der Waals surface area contributed by atoms with E-state index in [2.05, 4.69) is 280 Å². The molecule has 0 radical (unpaired) electrons. The maximum Gasteiger partial charge on any atom is 0.252 e. The molecule has 2 aliphatic rings. The van der Waals surface area contributed by atoms with E-state index in [1.807, 2.05) is 0 Å². The van der Waals surface area contributed by atoms with Crippen molar-refractivity contribution in [3.8, 4) is 27.9 Å². The predicted molar refractivity (Wildman–Crippen MR) is 344 cm³/mol. The van der Waals surface area contributed by atoms with Gasteiger partial charge in [-0.1, -0.05) is 151 Å². The SMILES string of the molecule is Cc1cc2c3c(c1)N(c1c(C)cc(-c4ccccc4)cc1C)c1cc4c(cc1B3c1ccc(C(C)(C)C)cc1N2c1c(C)cc(-c2cccc3c2oc2ccccc23)cc1C)c1cc(C(C)(C)C)ccc1n4-c1c(C)cccc1C. The van der Waals surface area contributed by atoms with Gasteiger partial charge in [-0.05, 0) is 209 Å². The third-order valence-corrected chi connectivity index (χ3v) is 17.7. The van der Waals surface area contributed by atoms with Crippen molar-refractivity contribution in [2.24, 2.45) is 0 Å². The lowest BCUT2D eigenvalue weighted by Gasteiger charge is -2.46. The number of hydrogen-bond acceptors (Lipinski definition) is 3. The standard InChI is InChI=1S/C75H68BN3O/c1-43-33-66-69-67(34-43)79(71-46(4)35-51(36-47(71)5)50-23-15-14-16-24-50)65-42-63-59(58-39-53(74(8,9)10)30-32-62(58)77(63)70-44(2)21-19-22-45(70)3)41-61(65)76(69)60-31-29-54(75(11,12)13)40-64(60)78(66)72-48(6)37-52(38-49(72)7)55-26-20-27-57-56-25-17-18-28-68(56)80-73(55)57/h14-42H,1-13H3. The van der Waals surface area contributed by atoms with E-state index in [1.165, 1.54) is 139 Å². The quantitative estimate of drug-likeness (QED) is 0.161. The highest BCUT2D eigenvalue weighted by atomic mass is 16.3. The zero-order chi connectivity index (χ0) is 55.4. The maximum absolute atomic E-state index is 6.67. The van der Waals surface area contributed by atoms with Crippen molar-refractivity contribution >= 4 is 101 Å². The molecule has 10 aromatic carbocycles. The predicted octanol–water partition coefficient (Wildman–Crippen LogP) is 18.9. The Bertz CT molecular complexity index is 4530. The molecule has 80 heavy (non-hydrogen) atoms. The molecule has 0 atom stereocenters. The summed E-state index contributed by atoms with van der Waals surface area (Å²) in [6.07, 6.45) is 0. The minimum absolute atomic E-state index is 0.0371. The Morgan fingerprint density at radius 3 is 1.57 bits per heavy atom. The Labute approximate surface area is 472 Å². The summed E-state index contributed by atoms with van der Waals surface area (Å²) in [6, 6.07) is 66.9. The number of para-hydroxylation sites is 3. The summed E-state index contributed by atoms with van der Waals surface area (Å²) in [4.78, 5) is 5.30. The highest BCUT2D eigenvalue weighted by Crippen LogP contribution is 2.51. The van der Waals surface area contributed by atoms with Gasteiger partial charge in [0.25, 0.3) is 6.71 Å². The summed E-state index contributed by atoms with van der Waals surface area (Å²) in [5, 5.41) is 4.84. The molecule has 0 amide bonds. The molecule has 0 saturated heterocycles. The van der Waals surface area contributed by atoms with Crippen LogP contribution in [0.1, 0.15) is 91.6 Å². The molecule has 2 aromatic heterocycles. The number of fused-ring (bicyclic) bond motifs is 10. The molecule has 0 fully saturated rings. The number of furan rings is 1.